The molecule has 0 saturated heterocycles. The van der Waals surface area contributed by atoms with E-state index in [0.29, 0.717) is 11.3 Å². The van der Waals surface area contributed by atoms with Crippen LogP contribution in [0, 0.1) is 12.7 Å². The van der Waals surface area contributed by atoms with Crippen LogP contribution in [0.2, 0.25) is 5.02 Å². The van der Waals surface area contributed by atoms with E-state index in [1.807, 2.05) is 6.92 Å². The molecule has 0 aliphatic rings. The highest BCUT2D eigenvalue weighted by molar-refractivity contribution is 7.92. The van der Waals surface area contributed by atoms with Gasteiger partial charge < -0.3 is 15.0 Å². The van der Waals surface area contributed by atoms with Gasteiger partial charge in [-0.3, -0.25) is 13.9 Å². The van der Waals surface area contributed by atoms with E-state index in [-0.39, 0.29) is 28.2 Å². The number of methoxy groups -OCH3 is 1. The summed E-state index contributed by atoms with van der Waals surface area (Å²) in [6, 6.07) is 15.0. The maximum Gasteiger partial charge on any atom is 0.264 e. The fraction of sp³-hybridized carbons (Fsp3) is 0.310. The molecule has 0 heterocycles. The molecule has 1 N–H and O–H groups in total. The number of nitrogens with one attached hydrogen (secondary N) is 1. The summed E-state index contributed by atoms with van der Waals surface area (Å²) in [5, 5.41) is 2.94. The van der Waals surface area contributed by atoms with Gasteiger partial charge in [-0.2, -0.15) is 0 Å². The number of ether oxygens (including phenoxy) is 1. The van der Waals surface area contributed by atoms with Crippen molar-refractivity contribution in [2.75, 3.05) is 18.0 Å². The molecule has 0 spiro atoms. The highest BCUT2D eigenvalue weighted by atomic mass is 35.5. The average Bonchev–Trinajstić information content (AvgIpc) is 2.90. The Morgan fingerprint density at radius 1 is 1.00 bits per heavy atom. The van der Waals surface area contributed by atoms with Gasteiger partial charge in [-0.25, -0.2) is 12.8 Å². The van der Waals surface area contributed by atoms with Crippen molar-refractivity contribution in [2.45, 2.75) is 51.2 Å². The van der Waals surface area contributed by atoms with Crippen LogP contribution < -0.4 is 14.4 Å². The number of aryl methyl sites for hydroxylation is 1. The smallest absolute Gasteiger partial charge is 0.264 e. The van der Waals surface area contributed by atoms with Crippen LogP contribution in [-0.2, 0) is 26.2 Å². The molecule has 0 aromatic heterocycles. The normalized spacial score (nSPS) is 12.1. The van der Waals surface area contributed by atoms with Gasteiger partial charge in [0, 0.05) is 12.6 Å². The third kappa shape index (κ3) is 7.51. The van der Waals surface area contributed by atoms with Gasteiger partial charge in [-0.1, -0.05) is 41.4 Å². The van der Waals surface area contributed by atoms with Gasteiger partial charge in [0.15, 0.2) is 0 Å². The van der Waals surface area contributed by atoms with Gasteiger partial charge in [0.25, 0.3) is 10.0 Å². The minimum atomic E-state index is -4.24. The lowest BCUT2D eigenvalue weighted by Gasteiger charge is -2.32. The fourth-order valence-corrected chi connectivity index (χ4v) is 5.61. The van der Waals surface area contributed by atoms with E-state index in [9.17, 15) is 22.4 Å². The Morgan fingerprint density at radius 3 is 2.17 bits per heavy atom. The van der Waals surface area contributed by atoms with Crippen molar-refractivity contribution in [3.8, 4) is 5.75 Å². The molecule has 214 valence electrons. The first-order chi connectivity index (χ1) is 18.8. The molecule has 0 saturated carbocycles. The summed E-state index contributed by atoms with van der Waals surface area (Å²) in [6.07, 6.45) is 0. The molecule has 3 aromatic carbocycles. The Labute approximate surface area is 239 Å². The zero-order chi connectivity index (χ0) is 29.6. The van der Waals surface area contributed by atoms with Gasteiger partial charge in [-0.15, -0.1) is 0 Å². The second kappa shape index (κ2) is 13.1. The predicted molar refractivity (Wildman–Crippen MR) is 153 cm³/mol. The molecule has 0 aliphatic heterocycles. The molecular formula is C29H33ClFN3O5S. The Morgan fingerprint density at radius 2 is 1.62 bits per heavy atom. The molecule has 0 bridgehead atoms. The topological polar surface area (TPSA) is 96.0 Å². The van der Waals surface area contributed by atoms with E-state index in [4.69, 9.17) is 16.3 Å². The number of nitrogens with zero attached hydrogens (tertiary/aromatic N) is 2. The van der Waals surface area contributed by atoms with Crippen LogP contribution in [0.25, 0.3) is 0 Å². The Balaban J connectivity index is 2.06. The van der Waals surface area contributed by atoms with Crippen LogP contribution >= 0.6 is 11.6 Å². The van der Waals surface area contributed by atoms with Gasteiger partial charge >= 0.3 is 0 Å². The average molecular weight is 590 g/mol. The van der Waals surface area contributed by atoms with E-state index in [1.165, 1.54) is 66.6 Å². The summed E-state index contributed by atoms with van der Waals surface area (Å²) in [6.45, 7) is 6.30. The van der Waals surface area contributed by atoms with Crippen molar-refractivity contribution in [1.29, 1.82) is 0 Å². The second-order valence-electron chi connectivity index (χ2n) is 9.63. The van der Waals surface area contributed by atoms with Crippen LogP contribution in [0.5, 0.6) is 5.75 Å². The summed E-state index contributed by atoms with van der Waals surface area (Å²) < 4.78 is 47.4. The molecule has 11 heteroatoms. The Kier molecular flexibility index (Phi) is 10.2. The summed E-state index contributed by atoms with van der Waals surface area (Å²) in [5.74, 6) is -1.16. The summed E-state index contributed by atoms with van der Waals surface area (Å²) in [4.78, 5) is 28.1. The monoisotopic (exact) mass is 589 g/mol. The molecule has 2 amide bonds. The number of amides is 2. The van der Waals surface area contributed by atoms with Crippen LogP contribution in [0.1, 0.15) is 31.9 Å². The lowest BCUT2D eigenvalue weighted by atomic mass is 10.1. The molecule has 0 fully saturated rings. The van der Waals surface area contributed by atoms with Crippen LogP contribution in [0.4, 0.5) is 10.1 Å². The van der Waals surface area contributed by atoms with Crippen LogP contribution in [0.15, 0.2) is 71.6 Å². The van der Waals surface area contributed by atoms with Crippen molar-refractivity contribution >= 4 is 39.1 Å². The first kappa shape index (κ1) is 30.9. The summed E-state index contributed by atoms with van der Waals surface area (Å²) >= 11 is 6.32. The van der Waals surface area contributed by atoms with E-state index in [2.05, 4.69) is 5.32 Å². The van der Waals surface area contributed by atoms with Crippen molar-refractivity contribution < 1.29 is 27.1 Å². The quantitative estimate of drug-likeness (QED) is 0.342. The minimum Gasteiger partial charge on any atom is -0.495 e. The van der Waals surface area contributed by atoms with Crippen molar-refractivity contribution in [3.05, 3.63) is 88.7 Å². The third-order valence-corrected chi connectivity index (χ3v) is 8.26. The Bertz CT molecular complexity index is 1450. The van der Waals surface area contributed by atoms with E-state index in [0.717, 1.165) is 9.87 Å². The first-order valence-electron chi connectivity index (χ1n) is 12.6. The zero-order valence-electron chi connectivity index (χ0n) is 23.0. The highest BCUT2D eigenvalue weighted by Crippen LogP contribution is 2.32. The molecule has 40 heavy (non-hydrogen) atoms. The number of anilines is 1. The number of sulfonamides is 1. The number of carbonyl (C=O) groups is 2. The maximum absolute atomic E-state index is 13.9. The van der Waals surface area contributed by atoms with Gasteiger partial charge in [-0.05, 0) is 75.7 Å². The fourth-order valence-electron chi connectivity index (χ4n) is 3.95. The number of benzene rings is 3. The number of rotatable bonds is 11. The van der Waals surface area contributed by atoms with Crippen LogP contribution in [-0.4, -0.2) is 50.9 Å². The standard InChI is InChI=1S/C29H33ClFN3O5S/c1-19(2)32-29(36)21(4)33(17-22-8-10-23(31)11-9-22)28(35)18-34(24-12-15-27(39-5)26(30)16-24)40(37,38)25-13-6-20(3)7-14-25/h6-16,19,21H,17-18H2,1-5H3,(H,32,36)/t21-/m0/s1. The molecule has 0 unspecified atom stereocenters. The lowest BCUT2D eigenvalue weighted by Crippen LogP contribution is -2.52. The van der Waals surface area contributed by atoms with Crippen molar-refractivity contribution in [3.63, 3.8) is 0 Å². The molecular weight excluding hydrogens is 557 g/mol. The highest BCUT2D eigenvalue weighted by Gasteiger charge is 2.33. The minimum absolute atomic E-state index is 0.0199. The third-order valence-electron chi connectivity index (χ3n) is 6.18. The predicted octanol–water partition coefficient (Wildman–Crippen LogP) is 4.93. The largest absolute Gasteiger partial charge is 0.495 e. The van der Waals surface area contributed by atoms with E-state index < -0.39 is 40.2 Å². The van der Waals surface area contributed by atoms with Crippen molar-refractivity contribution in [2.24, 2.45) is 0 Å². The Hall–Kier alpha value is -3.63. The number of hydrogen-bond acceptors (Lipinski definition) is 5. The number of hydrogen-bond donors (Lipinski definition) is 1. The lowest BCUT2D eigenvalue weighted by molar-refractivity contribution is -0.139. The van der Waals surface area contributed by atoms with Gasteiger partial charge in [0.05, 0.1) is 22.7 Å². The zero-order valence-corrected chi connectivity index (χ0v) is 24.6. The first-order valence-corrected chi connectivity index (χ1v) is 14.4. The summed E-state index contributed by atoms with van der Waals surface area (Å²) in [7, 11) is -2.81. The van der Waals surface area contributed by atoms with E-state index in [1.54, 1.807) is 32.9 Å². The SMILES string of the molecule is COc1ccc(N(CC(=O)N(Cc2ccc(F)cc2)[C@@H](C)C(=O)NC(C)C)S(=O)(=O)c2ccc(C)cc2)cc1Cl. The molecule has 1 atom stereocenters. The number of carbonyl (C=O) groups excluding carboxylic acids is 2. The van der Waals surface area contributed by atoms with Crippen LogP contribution in [0.3, 0.4) is 0 Å². The number of halogens is 2. The van der Waals surface area contributed by atoms with E-state index >= 15 is 0 Å². The molecule has 3 rings (SSSR count). The maximum atomic E-state index is 13.9. The molecule has 0 radical (unpaired) electrons. The molecule has 0 aliphatic carbocycles. The van der Waals surface area contributed by atoms with Gasteiger partial charge in [0.1, 0.15) is 24.2 Å². The summed E-state index contributed by atoms with van der Waals surface area (Å²) in [5.41, 5.74) is 1.57. The second-order valence-corrected chi connectivity index (χ2v) is 11.9. The molecule has 3 aromatic rings. The molecule has 8 nitrogen and oxygen atoms in total. The van der Waals surface area contributed by atoms with Gasteiger partial charge in [0.2, 0.25) is 11.8 Å². The van der Waals surface area contributed by atoms with Crippen molar-refractivity contribution in [1.82, 2.24) is 10.2 Å².